The Bertz CT molecular complexity index is 1280. The quantitative estimate of drug-likeness (QED) is 0.429. The lowest BCUT2D eigenvalue weighted by atomic mass is 10.1. The second-order valence-electron chi connectivity index (χ2n) is 6.63. The third kappa shape index (κ3) is 4.99. The van der Waals surface area contributed by atoms with Crippen LogP contribution in [0.15, 0.2) is 89.6 Å². The van der Waals surface area contributed by atoms with E-state index in [1.165, 1.54) is 24.3 Å². The molecule has 0 atom stereocenters. The minimum absolute atomic E-state index is 0.0155. The molecule has 4 rings (SSSR count). The van der Waals surface area contributed by atoms with Crippen molar-refractivity contribution in [1.29, 1.82) is 0 Å². The molecule has 0 aliphatic carbocycles. The third-order valence-corrected chi connectivity index (χ3v) is 5.04. The molecule has 0 bridgehead atoms. The smallest absolute Gasteiger partial charge is 0.402 e. The number of carbonyl (C=O) groups is 1. The predicted octanol–water partition coefficient (Wildman–Crippen LogP) is 4.04. The van der Waals surface area contributed by atoms with E-state index >= 15 is 0 Å². The summed E-state index contributed by atoms with van der Waals surface area (Å²) in [6.45, 7) is 1.87. The van der Waals surface area contributed by atoms with Crippen LogP contribution in [0.3, 0.4) is 0 Å². The zero-order valence-corrected chi connectivity index (χ0v) is 17.2. The average Bonchev–Trinajstić information content (AvgIpc) is 3.12. The van der Waals surface area contributed by atoms with Gasteiger partial charge in [-0.3, -0.25) is 0 Å². The Morgan fingerprint density at radius 3 is 2.29 bits per heavy atom. The van der Waals surface area contributed by atoms with Crippen LogP contribution in [0.25, 0.3) is 6.08 Å². The Balaban J connectivity index is 1.59. The number of aliphatic imine (C=N–C) groups is 1. The number of hydrogen-bond acceptors (Lipinski definition) is 7. The van der Waals surface area contributed by atoms with Crippen LogP contribution in [0.1, 0.15) is 16.7 Å². The van der Waals surface area contributed by atoms with Crippen LogP contribution in [-0.4, -0.2) is 20.3 Å². The fourth-order valence-corrected chi connectivity index (χ4v) is 3.53. The molecule has 0 spiro atoms. The SMILES string of the molecule is Cc1ccc(OS(=O)(=O)Oc2ccccc2/C=C2/N=C(c3ccccc3)OC2=O)cc1. The summed E-state index contributed by atoms with van der Waals surface area (Å²) in [7, 11) is -4.41. The van der Waals surface area contributed by atoms with E-state index in [4.69, 9.17) is 13.1 Å². The van der Waals surface area contributed by atoms with Crippen LogP contribution in [0.2, 0.25) is 0 Å². The number of esters is 1. The van der Waals surface area contributed by atoms with Crippen molar-refractivity contribution in [3.05, 3.63) is 101 Å². The molecule has 156 valence electrons. The number of hydrogen-bond donors (Lipinski definition) is 0. The van der Waals surface area contributed by atoms with Crippen molar-refractivity contribution < 1.29 is 26.3 Å². The second kappa shape index (κ2) is 8.45. The molecule has 3 aromatic rings. The molecule has 0 fully saturated rings. The Labute approximate surface area is 179 Å². The first-order chi connectivity index (χ1) is 14.9. The second-order valence-corrected chi connectivity index (χ2v) is 7.78. The maximum absolute atomic E-state index is 12.4. The standard InChI is InChI=1S/C23H17NO6S/c1-16-11-13-19(14-12-16)29-31(26,27)30-21-10-6-5-9-18(21)15-20-23(25)28-22(24-20)17-7-3-2-4-8-17/h2-15H,1H3/b20-15+. The molecule has 0 aromatic heterocycles. The zero-order valence-electron chi connectivity index (χ0n) is 16.4. The number of benzene rings is 3. The predicted molar refractivity (Wildman–Crippen MR) is 115 cm³/mol. The van der Waals surface area contributed by atoms with Gasteiger partial charge in [-0.2, -0.15) is 0 Å². The fraction of sp³-hybridized carbons (Fsp3) is 0.0435. The summed E-state index contributed by atoms with van der Waals surface area (Å²) >= 11 is 0. The van der Waals surface area contributed by atoms with Gasteiger partial charge >= 0.3 is 16.4 Å². The molecule has 0 saturated carbocycles. The first kappa shape index (κ1) is 20.4. The minimum Gasteiger partial charge on any atom is -0.402 e. The molecule has 8 heteroatoms. The zero-order chi connectivity index (χ0) is 21.8. The summed E-state index contributed by atoms with van der Waals surface area (Å²) in [5.41, 5.74) is 1.95. The molecule has 31 heavy (non-hydrogen) atoms. The van der Waals surface area contributed by atoms with Crippen molar-refractivity contribution in [3.63, 3.8) is 0 Å². The van der Waals surface area contributed by atoms with E-state index in [1.807, 2.05) is 13.0 Å². The van der Waals surface area contributed by atoms with Crippen LogP contribution in [0, 0.1) is 6.92 Å². The fourth-order valence-electron chi connectivity index (χ4n) is 2.77. The van der Waals surface area contributed by atoms with E-state index in [0.717, 1.165) is 5.56 Å². The molecule has 0 N–H and O–H groups in total. The van der Waals surface area contributed by atoms with Crippen molar-refractivity contribution in [3.8, 4) is 11.5 Å². The molecule has 3 aromatic carbocycles. The van der Waals surface area contributed by atoms with Gasteiger partial charge in [-0.15, -0.1) is 8.42 Å². The highest BCUT2D eigenvalue weighted by molar-refractivity contribution is 7.82. The molecular weight excluding hydrogens is 418 g/mol. The van der Waals surface area contributed by atoms with Gasteiger partial charge in [-0.25, -0.2) is 9.79 Å². The van der Waals surface area contributed by atoms with Gasteiger partial charge in [0, 0.05) is 11.1 Å². The number of nitrogens with zero attached hydrogens (tertiary/aromatic N) is 1. The number of para-hydroxylation sites is 1. The Morgan fingerprint density at radius 1 is 0.871 bits per heavy atom. The van der Waals surface area contributed by atoms with Crippen molar-refractivity contribution >= 4 is 28.3 Å². The first-order valence-corrected chi connectivity index (χ1v) is 10.6. The lowest BCUT2D eigenvalue weighted by molar-refractivity contribution is -0.129. The average molecular weight is 435 g/mol. The monoisotopic (exact) mass is 435 g/mol. The van der Waals surface area contributed by atoms with E-state index < -0.39 is 16.4 Å². The lowest BCUT2D eigenvalue weighted by Gasteiger charge is -2.10. The van der Waals surface area contributed by atoms with E-state index in [2.05, 4.69) is 4.99 Å². The molecule has 1 heterocycles. The maximum Gasteiger partial charge on any atom is 0.501 e. The van der Waals surface area contributed by atoms with E-state index in [9.17, 15) is 13.2 Å². The summed E-state index contributed by atoms with van der Waals surface area (Å²) in [6, 6.07) is 21.8. The van der Waals surface area contributed by atoms with Gasteiger partial charge in [0.25, 0.3) is 0 Å². The van der Waals surface area contributed by atoms with Crippen LogP contribution in [0.4, 0.5) is 0 Å². The van der Waals surface area contributed by atoms with Crippen LogP contribution >= 0.6 is 0 Å². The lowest BCUT2D eigenvalue weighted by Crippen LogP contribution is -2.17. The van der Waals surface area contributed by atoms with Gasteiger partial charge in [-0.1, -0.05) is 54.1 Å². The van der Waals surface area contributed by atoms with Crippen molar-refractivity contribution in [1.82, 2.24) is 0 Å². The van der Waals surface area contributed by atoms with E-state index in [0.29, 0.717) is 11.1 Å². The number of ether oxygens (including phenoxy) is 1. The summed E-state index contributed by atoms with van der Waals surface area (Å²) in [6.07, 6.45) is 1.40. The molecule has 0 radical (unpaired) electrons. The molecule has 1 aliphatic rings. The van der Waals surface area contributed by atoms with Gasteiger partial charge in [-0.05, 0) is 43.3 Å². The topological polar surface area (TPSA) is 91.3 Å². The molecular formula is C23H17NO6S. The first-order valence-electron chi connectivity index (χ1n) is 9.27. The molecule has 7 nitrogen and oxygen atoms in total. The van der Waals surface area contributed by atoms with Gasteiger partial charge in [0.1, 0.15) is 5.75 Å². The highest BCUT2D eigenvalue weighted by Gasteiger charge is 2.25. The highest BCUT2D eigenvalue weighted by atomic mass is 32.3. The molecule has 0 amide bonds. The maximum atomic E-state index is 12.4. The van der Waals surface area contributed by atoms with Crippen LogP contribution in [-0.2, 0) is 19.9 Å². The molecule has 0 unspecified atom stereocenters. The summed E-state index contributed by atoms with van der Waals surface area (Å²) in [4.78, 5) is 16.5. The number of rotatable bonds is 6. The third-order valence-electron chi connectivity index (χ3n) is 4.26. The Morgan fingerprint density at radius 2 is 1.55 bits per heavy atom. The summed E-state index contributed by atoms with van der Waals surface area (Å²) < 4.78 is 40.1. The number of cyclic esters (lactones) is 1. The Hall–Kier alpha value is -3.91. The number of aryl methyl sites for hydroxylation is 1. The number of carbonyl (C=O) groups excluding carboxylic acids is 1. The summed E-state index contributed by atoms with van der Waals surface area (Å²) in [5.74, 6) is -0.367. The van der Waals surface area contributed by atoms with Gasteiger partial charge in [0.05, 0.1) is 0 Å². The van der Waals surface area contributed by atoms with Crippen molar-refractivity contribution in [2.75, 3.05) is 0 Å². The van der Waals surface area contributed by atoms with E-state index in [1.54, 1.807) is 54.6 Å². The van der Waals surface area contributed by atoms with Gasteiger partial charge in [0.2, 0.25) is 5.90 Å². The van der Waals surface area contributed by atoms with Crippen LogP contribution in [0.5, 0.6) is 11.5 Å². The normalized spacial score (nSPS) is 14.8. The molecule has 0 saturated heterocycles. The molecule has 1 aliphatic heterocycles. The van der Waals surface area contributed by atoms with E-state index in [-0.39, 0.29) is 23.1 Å². The largest absolute Gasteiger partial charge is 0.501 e. The Kier molecular flexibility index (Phi) is 5.55. The highest BCUT2D eigenvalue weighted by Crippen LogP contribution is 2.26. The minimum atomic E-state index is -4.41. The van der Waals surface area contributed by atoms with Gasteiger partial charge in [0.15, 0.2) is 11.4 Å². The van der Waals surface area contributed by atoms with Crippen molar-refractivity contribution in [2.24, 2.45) is 4.99 Å². The van der Waals surface area contributed by atoms with Crippen LogP contribution < -0.4 is 8.37 Å². The summed E-state index contributed by atoms with van der Waals surface area (Å²) in [5, 5.41) is 0. The van der Waals surface area contributed by atoms with Gasteiger partial charge < -0.3 is 13.1 Å². The van der Waals surface area contributed by atoms with Crippen molar-refractivity contribution in [2.45, 2.75) is 6.92 Å².